The number of hydrogen-bond donors (Lipinski definition) is 1. The summed E-state index contributed by atoms with van der Waals surface area (Å²) < 4.78 is 139. The summed E-state index contributed by atoms with van der Waals surface area (Å²) in [7, 11) is 0. The van der Waals surface area contributed by atoms with Gasteiger partial charge in [0.2, 0.25) is 0 Å². The van der Waals surface area contributed by atoms with E-state index in [4.69, 9.17) is 0 Å². The fraction of sp³-hybridized carbons (Fsp3) is 0.364. The number of halogens is 11. The van der Waals surface area contributed by atoms with Gasteiger partial charge in [0.1, 0.15) is 0 Å². The Labute approximate surface area is 125 Å². The molecule has 0 aliphatic rings. The molecule has 0 fully saturated rings. The molecule has 1 aromatic carbocycles. The van der Waals surface area contributed by atoms with E-state index in [9.17, 15) is 53.1 Å². The van der Waals surface area contributed by atoms with Crippen molar-refractivity contribution in [2.75, 3.05) is 5.32 Å². The number of anilines is 1. The second-order valence-electron chi connectivity index (χ2n) is 4.33. The highest BCUT2D eigenvalue weighted by Gasteiger charge is 2.88. The van der Waals surface area contributed by atoms with Crippen LogP contribution < -0.4 is 5.32 Å². The van der Waals surface area contributed by atoms with Crippen LogP contribution in [0, 0.1) is 17.0 Å². The summed E-state index contributed by atoms with van der Waals surface area (Å²) in [6.07, 6.45) is -21.3. The first-order valence-corrected chi connectivity index (χ1v) is 5.52. The van der Waals surface area contributed by atoms with Crippen molar-refractivity contribution < 1.29 is 53.1 Å². The first-order chi connectivity index (χ1) is 10.6. The van der Waals surface area contributed by atoms with E-state index >= 15 is 0 Å². The Balaban J connectivity index is 3.49. The van der Waals surface area contributed by atoms with Crippen LogP contribution in [0.25, 0.3) is 0 Å². The van der Waals surface area contributed by atoms with Gasteiger partial charge < -0.3 is 5.32 Å². The Kier molecular flexibility index (Phi) is 4.80. The van der Waals surface area contributed by atoms with Crippen LogP contribution in [0.5, 0.6) is 0 Å². The van der Waals surface area contributed by atoms with E-state index in [2.05, 4.69) is 0 Å². The van der Waals surface area contributed by atoms with Gasteiger partial charge in [0.05, 0.1) is 0 Å². The number of amides is 1. The van der Waals surface area contributed by atoms with Crippen LogP contribution in [0.4, 0.5) is 54.0 Å². The Bertz CT molecular complexity index is 592. The summed E-state index contributed by atoms with van der Waals surface area (Å²) in [6, 6.07) is 0.382. The highest BCUT2D eigenvalue weighted by Crippen LogP contribution is 2.59. The van der Waals surface area contributed by atoms with Crippen molar-refractivity contribution in [3.8, 4) is 0 Å². The molecule has 0 aliphatic heterocycles. The first-order valence-electron chi connectivity index (χ1n) is 5.52. The molecule has 0 aliphatic carbocycles. The van der Waals surface area contributed by atoms with Gasteiger partial charge in [0, 0.05) is 11.8 Å². The molecule has 0 aromatic heterocycles. The Morgan fingerprint density at radius 3 is 1.50 bits per heavy atom. The largest absolute Gasteiger partial charge is 0.421 e. The zero-order chi connectivity index (χ0) is 19.1. The van der Waals surface area contributed by atoms with Crippen molar-refractivity contribution in [3.05, 3.63) is 29.8 Å². The van der Waals surface area contributed by atoms with Crippen LogP contribution in [0.1, 0.15) is 0 Å². The molecule has 136 valence electrons. The van der Waals surface area contributed by atoms with Gasteiger partial charge >= 0.3 is 23.9 Å². The SMILES string of the molecule is O=C(Nc1ccc(F)c(F)c1)C(C(F)(F)F)(C(F)(F)F)C(F)(F)F. The van der Waals surface area contributed by atoms with E-state index in [1.807, 2.05) is 0 Å². The summed E-state index contributed by atoms with van der Waals surface area (Å²) >= 11 is 0. The molecule has 24 heavy (non-hydrogen) atoms. The standard InChI is InChI=1S/C11H4F11NO/c12-5-2-1-4(3-6(5)13)23-7(24)8(9(14,15)16,10(17,18)19)11(20,21)22/h1-3H,(H,23,24). The molecule has 1 N–H and O–H groups in total. The maximum atomic E-state index is 12.8. The predicted octanol–water partition coefficient (Wildman–Crippen LogP) is 4.58. The van der Waals surface area contributed by atoms with Gasteiger partial charge in [-0.3, -0.25) is 4.79 Å². The third kappa shape index (κ3) is 3.11. The zero-order valence-electron chi connectivity index (χ0n) is 10.8. The number of rotatable bonds is 2. The van der Waals surface area contributed by atoms with Crippen LogP contribution in [0.2, 0.25) is 0 Å². The van der Waals surface area contributed by atoms with Gasteiger partial charge in [-0.15, -0.1) is 0 Å². The third-order valence-corrected chi connectivity index (χ3v) is 2.79. The monoisotopic (exact) mass is 375 g/mol. The van der Waals surface area contributed by atoms with Crippen molar-refractivity contribution in [2.24, 2.45) is 5.41 Å². The molecule has 0 bridgehead atoms. The Hall–Kier alpha value is -2.08. The highest BCUT2D eigenvalue weighted by atomic mass is 19.4. The summed E-state index contributed by atoms with van der Waals surface area (Å²) in [5.74, 6) is -6.97. The second-order valence-corrected chi connectivity index (χ2v) is 4.33. The predicted molar refractivity (Wildman–Crippen MR) is 55.6 cm³/mol. The van der Waals surface area contributed by atoms with Crippen molar-refractivity contribution in [1.82, 2.24) is 0 Å². The summed E-state index contributed by atoms with van der Waals surface area (Å²) in [6.45, 7) is 0. The van der Waals surface area contributed by atoms with Gasteiger partial charge in [-0.05, 0) is 12.1 Å². The number of carbonyl (C=O) groups is 1. The molecular formula is C11H4F11NO. The van der Waals surface area contributed by atoms with Crippen molar-refractivity contribution in [1.29, 1.82) is 0 Å². The zero-order valence-corrected chi connectivity index (χ0v) is 10.8. The van der Waals surface area contributed by atoms with E-state index in [0.29, 0.717) is 5.32 Å². The Morgan fingerprint density at radius 1 is 0.750 bits per heavy atom. The molecule has 1 rings (SSSR count). The second kappa shape index (κ2) is 5.77. The van der Waals surface area contributed by atoms with E-state index in [0.717, 1.165) is 0 Å². The topological polar surface area (TPSA) is 29.1 Å². The van der Waals surface area contributed by atoms with Crippen LogP contribution >= 0.6 is 0 Å². The molecule has 0 saturated carbocycles. The van der Waals surface area contributed by atoms with Gasteiger partial charge in [-0.25, -0.2) is 8.78 Å². The molecule has 0 heterocycles. The molecule has 1 amide bonds. The molecule has 0 spiro atoms. The van der Waals surface area contributed by atoms with Gasteiger partial charge in [-0.1, -0.05) is 0 Å². The minimum atomic E-state index is -7.11. The van der Waals surface area contributed by atoms with Gasteiger partial charge in [0.25, 0.3) is 5.91 Å². The third-order valence-electron chi connectivity index (χ3n) is 2.79. The maximum Gasteiger partial charge on any atom is 0.421 e. The lowest BCUT2D eigenvalue weighted by atomic mass is 9.84. The van der Waals surface area contributed by atoms with Crippen LogP contribution in [0.3, 0.4) is 0 Å². The van der Waals surface area contributed by atoms with E-state index in [1.54, 1.807) is 0 Å². The number of nitrogens with one attached hydrogen (secondary N) is 1. The lowest BCUT2D eigenvalue weighted by Crippen LogP contribution is -2.65. The molecule has 2 nitrogen and oxygen atoms in total. The van der Waals surface area contributed by atoms with E-state index in [-0.39, 0.29) is 18.2 Å². The molecule has 0 atom stereocenters. The molecule has 0 unspecified atom stereocenters. The van der Waals surface area contributed by atoms with Crippen molar-refractivity contribution in [2.45, 2.75) is 18.5 Å². The first kappa shape index (κ1) is 20.0. The average Bonchev–Trinajstić information content (AvgIpc) is 2.28. The number of benzene rings is 1. The van der Waals surface area contributed by atoms with E-state index in [1.165, 1.54) is 0 Å². The minimum Gasteiger partial charge on any atom is -0.325 e. The fourth-order valence-corrected chi connectivity index (χ4v) is 1.67. The fourth-order valence-electron chi connectivity index (χ4n) is 1.67. The highest BCUT2D eigenvalue weighted by molar-refractivity contribution is 5.97. The van der Waals surface area contributed by atoms with Crippen LogP contribution in [0.15, 0.2) is 18.2 Å². The van der Waals surface area contributed by atoms with E-state index < -0.39 is 47.2 Å². The lowest BCUT2D eigenvalue weighted by molar-refractivity contribution is -0.405. The smallest absolute Gasteiger partial charge is 0.325 e. The normalized spacial score (nSPS) is 13.8. The molecule has 13 heteroatoms. The number of hydrogen-bond acceptors (Lipinski definition) is 1. The molecule has 0 radical (unpaired) electrons. The van der Waals surface area contributed by atoms with Crippen LogP contribution in [-0.2, 0) is 4.79 Å². The summed E-state index contributed by atoms with van der Waals surface area (Å²) in [5, 5.41) is 0.665. The summed E-state index contributed by atoms with van der Waals surface area (Å²) in [4.78, 5) is 11.3. The van der Waals surface area contributed by atoms with Gasteiger partial charge in [-0.2, -0.15) is 39.5 Å². The van der Waals surface area contributed by atoms with Crippen LogP contribution in [-0.4, -0.2) is 24.4 Å². The molecular weight excluding hydrogens is 371 g/mol. The number of alkyl halides is 9. The Morgan fingerprint density at radius 2 is 1.17 bits per heavy atom. The van der Waals surface area contributed by atoms with Crippen molar-refractivity contribution >= 4 is 11.6 Å². The minimum absolute atomic E-state index is 0.0822. The maximum absolute atomic E-state index is 12.8. The molecule has 1 aromatic rings. The van der Waals surface area contributed by atoms with Gasteiger partial charge in [0.15, 0.2) is 11.6 Å². The molecule has 0 saturated heterocycles. The van der Waals surface area contributed by atoms with Crippen molar-refractivity contribution in [3.63, 3.8) is 0 Å². The summed E-state index contributed by atoms with van der Waals surface area (Å²) in [5.41, 5.74) is -7.99. The quantitative estimate of drug-likeness (QED) is 0.754. The number of carbonyl (C=O) groups excluding carboxylic acids is 1. The average molecular weight is 375 g/mol. The lowest BCUT2D eigenvalue weighted by Gasteiger charge is -2.36.